The van der Waals surface area contributed by atoms with Crippen LogP contribution in [0.3, 0.4) is 0 Å². The zero-order chi connectivity index (χ0) is 9.19. The summed E-state index contributed by atoms with van der Waals surface area (Å²) in [6.07, 6.45) is 0. The topological polar surface area (TPSA) is 69.4 Å². The highest BCUT2D eigenvalue weighted by molar-refractivity contribution is 7.89. The van der Waals surface area contributed by atoms with Crippen molar-refractivity contribution >= 4 is 10.0 Å². The van der Waals surface area contributed by atoms with E-state index in [1.165, 1.54) is 19.2 Å². The second-order valence-electron chi connectivity index (χ2n) is 2.11. The van der Waals surface area contributed by atoms with Crippen molar-refractivity contribution in [2.45, 2.75) is 4.90 Å². The summed E-state index contributed by atoms with van der Waals surface area (Å²) < 4.78 is 26.5. The molecule has 4 nitrogen and oxygen atoms in total. The lowest BCUT2D eigenvalue weighted by molar-refractivity contribution is 0.402. The fraction of sp³-hybridized carbons (Fsp3) is 0.143. The lowest BCUT2D eigenvalue weighted by atomic mass is 10.3. The van der Waals surface area contributed by atoms with Crippen LogP contribution in [-0.2, 0) is 10.0 Å². The molecule has 0 atom stereocenters. The van der Waals surface area contributed by atoms with Gasteiger partial charge in [0.15, 0.2) is 0 Å². The lowest BCUT2D eigenvalue weighted by Crippen LogP contribution is -2.13. The molecule has 0 saturated carbocycles. The number of ether oxygens (including phenoxy) is 1. The average Bonchev–Trinajstić information content (AvgIpc) is 2.03. The summed E-state index contributed by atoms with van der Waals surface area (Å²) in [6, 6.07) is 7.08. The molecule has 0 aliphatic carbocycles. The zero-order valence-corrected chi connectivity index (χ0v) is 7.26. The Kier molecular flexibility index (Phi) is 2.35. The van der Waals surface area contributed by atoms with Crippen molar-refractivity contribution in [1.82, 2.24) is 0 Å². The van der Waals surface area contributed by atoms with Crippen molar-refractivity contribution in [2.75, 3.05) is 7.11 Å². The van der Waals surface area contributed by atoms with Crippen molar-refractivity contribution in [3.63, 3.8) is 0 Å². The molecule has 1 aromatic rings. The number of nitrogens with two attached hydrogens (primary N) is 1. The van der Waals surface area contributed by atoms with Crippen LogP contribution >= 0.6 is 0 Å². The van der Waals surface area contributed by atoms with Crippen LogP contribution in [0.5, 0.6) is 5.75 Å². The molecular formula is C7H8NO3S. The third kappa shape index (κ3) is 1.75. The van der Waals surface area contributed by atoms with Gasteiger partial charge < -0.3 is 4.74 Å². The summed E-state index contributed by atoms with van der Waals surface area (Å²) in [4.78, 5) is -0.118. The van der Waals surface area contributed by atoms with Crippen LogP contribution in [0.4, 0.5) is 0 Å². The SMILES string of the molecule is COc1ccc[c]c1S(N)(=O)=O. The molecular weight excluding hydrogens is 178 g/mol. The van der Waals surface area contributed by atoms with Gasteiger partial charge in [-0.3, -0.25) is 0 Å². The van der Waals surface area contributed by atoms with Gasteiger partial charge in [-0.2, -0.15) is 0 Å². The van der Waals surface area contributed by atoms with Crippen molar-refractivity contribution < 1.29 is 13.2 Å². The molecule has 0 amide bonds. The number of benzene rings is 1. The van der Waals surface area contributed by atoms with Crippen LogP contribution in [0.1, 0.15) is 0 Å². The van der Waals surface area contributed by atoms with Crippen LogP contribution in [0, 0.1) is 6.07 Å². The summed E-state index contributed by atoms with van der Waals surface area (Å²) in [7, 11) is -2.35. The minimum atomic E-state index is -3.73. The minimum Gasteiger partial charge on any atom is -0.495 e. The second kappa shape index (κ2) is 3.12. The standard InChI is InChI=1S/C7H8NO3S/c1-11-6-4-2-3-5-7(6)12(8,9)10/h2-4H,1H3,(H2,8,9,10). The van der Waals surface area contributed by atoms with E-state index in [1.54, 1.807) is 6.07 Å². The first kappa shape index (κ1) is 9.02. The molecule has 0 saturated heterocycles. The van der Waals surface area contributed by atoms with Gasteiger partial charge in [0.1, 0.15) is 10.6 Å². The Hall–Kier alpha value is -1.07. The highest BCUT2D eigenvalue weighted by atomic mass is 32.2. The number of hydrogen-bond acceptors (Lipinski definition) is 3. The third-order valence-corrected chi connectivity index (χ3v) is 2.17. The number of primary sulfonamides is 1. The molecule has 0 bridgehead atoms. The van der Waals surface area contributed by atoms with Gasteiger partial charge in [0.2, 0.25) is 10.0 Å². The predicted molar refractivity (Wildman–Crippen MR) is 43.2 cm³/mol. The van der Waals surface area contributed by atoms with E-state index in [9.17, 15) is 8.42 Å². The Morgan fingerprint density at radius 3 is 2.67 bits per heavy atom. The van der Waals surface area contributed by atoms with Crippen LogP contribution in [0.25, 0.3) is 0 Å². The maximum absolute atomic E-state index is 10.9. The minimum absolute atomic E-state index is 0.118. The van der Waals surface area contributed by atoms with E-state index in [0.717, 1.165) is 0 Å². The lowest BCUT2D eigenvalue weighted by Gasteiger charge is -2.03. The van der Waals surface area contributed by atoms with E-state index < -0.39 is 10.0 Å². The summed E-state index contributed by atoms with van der Waals surface area (Å²) in [6.45, 7) is 0. The Morgan fingerprint density at radius 2 is 2.25 bits per heavy atom. The molecule has 1 rings (SSSR count). The van der Waals surface area contributed by atoms with Crippen molar-refractivity contribution in [2.24, 2.45) is 5.14 Å². The Balaban J connectivity index is 3.33. The van der Waals surface area contributed by atoms with Crippen LogP contribution in [0.15, 0.2) is 23.1 Å². The second-order valence-corrected chi connectivity index (χ2v) is 3.61. The first-order chi connectivity index (χ1) is 5.55. The molecule has 0 aliphatic heterocycles. The van der Waals surface area contributed by atoms with Crippen molar-refractivity contribution in [3.8, 4) is 5.75 Å². The fourth-order valence-corrected chi connectivity index (χ4v) is 1.45. The molecule has 0 spiro atoms. The van der Waals surface area contributed by atoms with Gasteiger partial charge in [-0.25, -0.2) is 13.6 Å². The quantitative estimate of drug-likeness (QED) is 0.714. The van der Waals surface area contributed by atoms with Gasteiger partial charge in [0.05, 0.1) is 7.11 Å². The van der Waals surface area contributed by atoms with E-state index >= 15 is 0 Å². The fourth-order valence-electron chi connectivity index (χ4n) is 0.789. The van der Waals surface area contributed by atoms with E-state index in [1.807, 2.05) is 0 Å². The molecule has 0 fully saturated rings. The molecule has 5 heteroatoms. The summed E-state index contributed by atoms with van der Waals surface area (Å²) in [5.41, 5.74) is 0. The van der Waals surface area contributed by atoms with E-state index in [4.69, 9.17) is 9.88 Å². The molecule has 0 aromatic heterocycles. The van der Waals surface area contributed by atoms with Gasteiger partial charge in [-0.1, -0.05) is 12.1 Å². The molecule has 1 radical (unpaired) electrons. The van der Waals surface area contributed by atoms with Gasteiger partial charge in [0.25, 0.3) is 0 Å². The molecule has 0 heterocycles. The molecule has 65 valence electrons. The normalized spacial score (nSPS) is 11.2. The number of hydrogen-bond donors (Lipinski definition) is 1. The van der Waals surface area contributed by atoms with Crippen molar-refractivity contribution in [1.29, 1.82) is 0 Å². The van der Waals surface area contributed by atoms with Crippen molar-refractivity contribution in [3.05, 3.63) is 24.3 Å². The van der Waals surface area contributed by atoms with Crippen LogP contribution in [-0.4, -0.2) is 15.5 Å². The van der Waals surface area contributed by atoms with Gasteiger partial charge in [-0.15, -0.1) is 0 Å². The summed E-state index contributed by atoms with van der Waals surface area (Å²) in [5.74, 6) is 0.208. The monoisotopic (exact) mass is 186 g/mol. The third-order valence-electron chi connectivity index (χ3n) is 1.29. The zero-order valence-electron chi connectivity index (χ0n) is 6.44. The average molecular weight is 186 g/mol. The van der Waals surface area contributed by atoms with E-state index in [0.29, 0.717) is 0 Å². The largest absolute Gasteiger partial charge is 0.495 e. The molecule has 2 N–H and O–H groups in total. The number of methoxy groups -OCH3 is 1. The summed E-state index contributed by atoms with van der Waals surface area (Å²) in [5, 5.41) is 4.89. The van der Waals surface area contributed by atoms with Gasteiger partial charge in [0, 0.05) is 6.07 Å². The van der Waals surface area contributed by atoms with Crippen LogP contribution in [0.2, 0.25) is 0 Å². The highest BCUT2D eigenvalue weighted by Crippen LogP contribution is 2.20. The molecule has 12 heavy (non-hydrogen) atoms. The molecule has 1 aromatic carbocycles. The maximum Gasteiger partial charge on any atom is 0.242 e. The Morgan fingerprint density at radius 1 is 1.58 bits per heavy atom. The Bertz CT molecular complexity index is 372. The first-order valence-electron chi connectivity index (χ1n) is 3.13. The maximum atomic E-state index is 10.9. The van der Waals surface area contributed by atoms with Gasteiger partial charge >= 0.3 is 0 Å². The van der Waals surface area contributed by atoms with Crippen LogP contribution < -0.4 is 9.88 Å². The number of sulfonamides is 1. The Labute approximate surface area is 71.0 Å². The van der Waals surface area contributed by atoms with Gasteiger partial charge in [-0.05, 0) is 6.07 Å². The summed E-state index contributed by atoms with van der Waals surface area (Å²) >= 11 is 0. The van der Waals surface area contributed by atoms with E-state index in [-0.39, 0.29) is 10.6 Å². The predicted octanol–water partition coefficient (Wildman–Crippen LogP) is 0.143. The number of rotatable bonds is 2. The smallest absolute Gasteiger partial charge is 0.242 e. The first-order valence-corrected chi connectivity index (χ1v) is 4.68. The molecule has 0 aliphatic rings. The highest BCUT2D eigenvalue weighted by Gasteiger charge is 2.13. The van der Waals surface area contributed by atoms with E-state index in [2.05, 4.69) is 6.07 Å². The molecule has 0 unspecified atom stereocenters.